The fourth-order valence-electron chi connectivity index (χ4n) is 4.21. The lowest BCUT2D eigenvalue weighted by atomic mass is 9.87. The molecule has 0 saturated carbocycles. The first-order valence-electron chi connectivity index (χ1n) is 9.34. The SMILES string of the molecule is BrCCc1ccc2ccccc2c1-c1cc2ccccc2c2ccccc12. The minimum Gasteiger partial charge on any atom is -0.0924 e. The molecular formula is C26H19Br. The Kier molecular flexibility index (Phi) is 4.18. The zero-order chi connectivity index (χ0) is 18.2. The van der Waals surface area contributed by atoms with Crippen LogP contribution in [0.2, 0.25) is 0 Å². The van der Waals surface area contributed by atoms with Crippen LogP contribution in [0, 0.1) is 0 Å². The van der Waals surface area contributed by atoms with Crippen LogP contribution in [0.15, 0.2) is 91.0 Å². The topological polar surface area (TPSA) is 0 Å². The first kappa shape index (κ1) is 16.5. The van der Waals surface area contributed by atoms with E-state index in [0.29, 0.717) is 0 Å². The summed E-state index contributed by atoms with van der Waals surface area (Å²) in [7, 11) is 0. The molecule has 1 heteroatoms. The Hall–Kier alpha value is -2.64. The van der Waals surface area contributed by atoms with Crippen molar-refractivity contribution in [2.24, 2.45) is 0 Å². The lowest BCUT2D eigenvalue weighted by Crippen LogP contribution is -1.94. The van der Waals surface area contributed by atoms with Gasteiger partial charge in [-0.15, -0.1) is 0 Å². The van der Waals surface area contributed by atoms with Crippen LogP contribution in [0.1, 0.15) is 5.56 Å². The van der Waals surface area contributed by atoms with Crippen LogP contribution in [0.3, 0.4) is 0 Å². The first-order chi connectivity index (χ1) is 13.4. The second kappa shape index (κ2) is 6.83. The zero-order valence-corrected chi connectivity index (χ0v) is 16.5. The van der Waals surface area contributed by atoms with Crippen molar-refractivity contribution in [3.63, 3.8) is 0 Å². The van der Waals surface area contributed by atoms with E-state index in [1.54, 1.807) is 0 Å². The summed E-state index contributed by atoms with van der Waals surface area (Å²) in [5.74, 6) is 0. The number of hydrogen-bond donors (Lipinski definition) is 0. The second-order valence-electron chi connectivity index (χ2n) is 6.95. The van der Waals surface area contributed by atoms with E-state index in [2.05, 4.69) is 107 Å². The molecule has 0 aliphatic rings. The fraction of sp³-hybridized carbons (Fsp3) is 0.0769. The lowest BCUT2D eigenvalue weighted by Gasteiger charge is -2.17. The van der Waals surface area contributed by atoms with Crippen molar-refractivity contribution >= 4 is 48.2 Å². The molecule has 0 fully saturated rings. The molecule has 5 rings (SSSR count). The largest absolute Gasteiger partial charge is 0.0924 e. The van der Waals surface area contributed by atoms with Gasteiger partial charge in [0.15, 0.2) is 0 Å². The minimum absolute atomic E-state index is 0.962. The number of hydrogen-bond acceptors (Lipinski definition) is 0. The molecule has 0 saturated heterocycles. The highest BCUT2D eigenvalue weighted by Gasteiger charge is 2.14. The predicted molar refractivity (Wildman–Crippen MR) is 122 cm³/mol. The molecule has 0 amide bonds. The highest BCUT2D eigenvalue weighted by molar-refractivity contribution is 9.09. The van der Waals surface area contributed by atoms with Gasteiger partial charge in [0.25, 0.3) is 0 Å². The third-order valence-corrected chi connectivity index (χ3v) is 5.81. The van der Waals surface area contributed by atoms with Crippen molar-refractivity contribution in [2.45, 2.75) is 6.42 Å². The van der Waals surface area contributed by atoms with Gasteiger partial charge in [-0.05, 0) is 61.5 Å². The summed E-state index contributed by atoms with van der Waals surface area (Å²) in [5, 5.41) is 8.85. The standard InChI is InChI=1S/C26H19Br/c27-16-15-19-14-13-18-7-1-4-10-22(18)26(19)25-17-20-8-2-3-9-21(20)23-11-5-6-12-24(23)25/h1-14,17H,15-16H2. The summed E-state index contributed by atoms with van der Waals surface area (Å²) in [4.78, 5) is 0. The number of fused-ring (bicyclic) bond motifs is 4. The Bertz CT molecular complexity index is 1280. The molecule has 0 atom stereocenters. The van der Waals surface area contributed by atoms with E-state index in [-0.39, 0.29) is 0 Å². The Morgan fingerprint density at radius 2 is 1.19 bits per heavy atom. The number of alkyl halides is 1. The molecule has 0 heterocycles. The lowest BCUT2D eigenvalue weighted by molar-refractivity contribution is 1.18. The van der Waals surface area contributed by atoms with E-state index in [1.807, 2.05) is 0 Å². The minimum atomic E-state index is 0.962. The van der Waals surface area contributed by atoms with E-state index in [0.717, 1.165) is 11.8 Å². The normalized spacial score (nSPS) is 11.4. The van der Waals surface area contributed by atoms with E-state index < -0.39 is 0 Å². The number of rotatable bonds is 3. The van der Waals surface area contributed by atoms with E-state index in [1.165, 1.54) is 49.0 Å². The van der Waals surface area contributed by atoms with Gasteiger partial charge in [0.05, 0.1) is 0 Å². The van der Waals surface area contributed by atoms with Crippen molar-refractivity contribution in [1.82, 2.24) is 0 Å². The van der Waals surface area contributed by atoms with Crippen molar-refractivity contribution < 1.29 is 0 Å². The molecule has 5 aromatic carbocycles. The van der Waals surface area contributed by atoms with E-state index >= 15 is 0 Å². The smallest absolute Gasteiger partial charge is 0.00720 e. The van der Waals surface area contributed by atoms with Crippen molar-refractivity contribution in [3.8, 4) is 11.1 Å². The van der Waals surface area contributed by atoms with Crippen LogP contribution in [0.4, 0.5) is 0 Å². The second-order valence-corrected chi connectivity index (χ2v) is 7.74. The van der Waals surface area contributed by atoms with Gasteiger partial charge >= 0.3 is 0 Å². The maximum Gasteiger partial charge on any atom is 0.00720 e. The summed E-state index contributed by atoms with van der Waals surface area (Å²) in [5.41, 5.74) is 4.09. The van der Waals surface area contributed by atoms with Crippen LogP contribution in [-0.4, -0.2) is 5.33 Å². The Morgan fingerprint density at radius 1 is 0.556 bits per heavy atom. The molecule has 0 spiro atoms. The maximum absolute atomic E-state index is 3.65. The van der Waals surface area contributed by atoms with Gasteiger partial charge in [0.2, 0.25) is 0 Å². The molecule has 0 aromatic heterocycles. The molecule has 0 aliphatic carbocycles. The van der Waals surface area contributed by atoms with Gasteiger partial charge in [-0.25, -0.2) is 0 Å². The van der Waals surface area contributed by atoms with Crippen molar-refractivity contribution in [2.75, 3.05) is 5.33 Å². The van der Waals surface area contributed by atoms with Crippen LogP contribution in [0.25, 0.3) is 43.4 Å². The van der Waals surface area contributed by atoms with Gasteiger partial charge in [-0.1, -0.05) is 101 Å². The van der Waals surface area contributed by atoms with Crippen molar-refractivity contribution in [3.05, 3.63) is 96.6 Å². The Labute approximate surface area is 167 Å². The van der Waals surface area contributed by atoms with Gasteiger partial charge < -0.3 is 0 Å². The van der Waals surface area contributed by atoms with Gasteiger partial charge in [-0.2, -0.15) is 0 Å². The summed E-state index contributed by atoms with van der Waals surface area (Å²) in [6.07, 6.45) is 1.02. The average Bonchev–Trinajstić information content (AvgIpc) is 2.73. The summed E-state index contributed by atoms with van der Waals surface area (Å²) in [6, 6.07) is 33.1. The van der Waals surface area contributed by atoms with E-state index in [9.17, 15) is 0 Å². The maximum atomic E-state index is 3.65. The molecule has 0 bridgehead atoms. The van der Waals surface area contributed by atoms with Crippen LogP contribution >= 0.6 is 15.9 Å². The predicted octanol–water partition coefficient (Wildman–Crippen LogP) is 7.75. The molecule has 0 N–H and O–H groups in total. The number of aryl methyl sites for hydroxylation is 1. The third-order valence-electron chi connectivity index (χ3n) is 5.42. The Morgan fingerprint density at radius 3 is 1.96 bits per heavy atom. The number of benzene rings is 5. The van der Waals surface area contributed by atoms with Crippen LogP contribution < -0.4 is 0 Å². The summed E-state index contributed by atoms with van der Waals surface area (Å²) >= 11 is 3.65. The average molecular weight is 411 g/mol. The molecule has 0 unspecified atom stereocenters. The monoisotopic (exact) mass is 410 g/mol. The summed E-state index contributed by atoms with van der Waals surface area (Å²) in [6.45, 7) is 0. The quantitative estimate of drug-likeness (QED) is 0.210. The highest BCUT2D eigenvalue weighted by atomic mass is 79.9. The highest BCUT2D eigenvalue weighted by Crippen LogP contribution is 2.40. The fourth-order valence-corrected chi connectivity index (χ4v) is 4.63. The van der Waals surface area contributed by atoms with Gasteiger partial charge in [0, 0.05) is 5.33 Å². The van der Waals surface area contributed by atoms with Crippen LogP contribution in [-0.2, 0) is 6.42 Å². The van der Waals surface area contributed by atoms with E-state index in [4.69, 9.17) is 0 Å². The number of halogens is 1. The Balaban J connectivity index is 1.97. The molecule has 5 aromatic rings. The first-order valence-corrected chi connectivity index (χ1v) is 10.5. The molecule has 0 radical (unpaired) electrons. The molecule has 27 heavy (non-hydrogen) atoms. The molecular weight excluding hydrogens is 392 g/mol. The summed E-state index contributed by atoms with van der Waals surface area (Å²) < 4.78 is 0. The zero-order valence-electron chi connectivity index (χ0n) is 15.0. The molecule has 0 nitrogen and oxygen atoms in total. The van der Waals surface area contributed by atoms with Crippen molar-refractivity contribution in [1.29, 1.82) is 0 Å². The van der Waals surface area contributed by atoms with Gasteiger partial charge in [-0.3, -0.25) is 0 Å². The third kappa shape index (κ3) is 2.74. The molecule has 130 valence electrons. The van der Waals surface area contributed by atoms with Gasteiger partial charge in [0.1, 0.15) is 0 Å². The molecule has 0 aliphatic heterocycles. The van der Waals surface area contributed by atoms with Crippen LogP contribution in [0.5, 0.6) is 0 Å².